The highest BCUT2D eigenvalue weighted by atomic mass is 19.1. The number of anilines is 1. The summed E-state index contributed by atoms with van der Waals surface area (Å²) in [6.07, 6.45) is 2.01. The number of halogens is 1. The fourth-order valence-corrected chi connectivity index (χ4v) is 3.62. The minimum atomic E-state index is -1.44. The maximum absolute atomic E-state index is 13.9. The average Bonchev–Trinajstić information content (AvgIpc) is 2.72. The first kappa shape index (κ1) is 23.4. The van der Waals surface area contributed by atoms with Crippen LogP contribution in [0.2, 0.25) is 0 Å². The zero-order valence-electron chi connectivity index (χ0n) is 18.0. The molecule has 0 aliphatic heterocycles. The second-order valence-corrected chi connectivity index (χ2v) is 7.56. The molecule has 1 atom stereocenters. The summed E-state index contributed by atoms with van der Waals surface area (Å²) in [5.74, 6) is -0.726. The van der Waals surface area contributed by atoms with Gasteiger partial charge in [-0.15, -0.1) is 0 Å². The number of nitriles is 1. The molecule has 0 radical (unpaired) electrons. The van der Waals surface area contributed by atoms with Crippen LogP contribution < -0.4 is 4.90 Å². The Balaban J connectivity index is 2.64. The molecule has 0 unspecified atom stereocenters. The van der Waals surface area contributed by atoms with Crippen molar-refractivity contribution in [2.45, 2.75) is 51.7 Å². The smallest absolute Gasteiger partial charge is 0.306 e. The summed E-state index contributed by atoms with van der Waals surface area (Å²) in [6, 6.07) is 11.4. The number of nitrogens with zero attached hydrogens (tertiary/aromatic N) is 2. The van der Waals surface area contributed by atoms with Crippen molar-refractivity contribution in [1.29, 1.82) is 5.26 Å². The van der Waals surface area contributed by atoms with Gasteiger partial charge in [-0.25, -0.2) is 4.39 Å². The Morgan fingerprint density at radius 1 is 1.17 bits per heavy atom. The summed E-state index contributed by atoms with van der Waals surface area (Å²) in [4.78, 5) is 13.7. The van der Waals surface area contributed by atoms with Crippen LogP contribution >= 0.6 is 0 Å². The van der Waals surface area contributed by atoms with Crippen LogP contribution in [0.25, 0.3) is 0 Å². The quantitative estimate of drug-likeness (QED) is 0.607. The Labute approximate surface area is 177 Å². The molecule has 160 valence electrons. The van der Waals surface area contributed by atoms with E-state index in [1.807, 2.05) is 13.8 Å². The number of esters is 1. The van der Waals surface area contributed by atoms with Crippen molar-refractivity contribution in [3.05, 3.63) is 64.5 Å². The minimum Gasteiger partial charge on any atom is -0.461 e. The highest BCUT2D eigenvalue weighted by molar-refractivity contribution is 5.69. The molecule has 2 aromatic carbocycles. The van der Waals surface area contributed by atoms with E-state index in [-0.39, 0.29) is 12.6 Å². The number of hydrogen-bond acceptors (Lipinski definition) is 5. The zero-order chi connectivity index (χ0) is 22.3. The largest absolute Gasteiger partial charge is 0.461 e. The third-order valence-electron chi connectivity index (χ3n) is 5.02. The summed E-state index contributed by atoms with van der Waals surface area (Å²) in [5, 5.41) is 21.2. The Hall–Kier alpha value is -2.91. The van der Waals surface area contributed by atoms with Crippen molar-refractivity contribution in [3.8, 4) is 6.07 Å². The van der Waals surface area contributed by atoms with Gasteiger partial charge in [0.2, 0.25) is 0 Å². The van der Waals surface area contributed by atoms with Crippen LogP contribution in [0.4, 0.5) is 10.1 Å². The molecule has 0 spiro atoms. The van der Waals surface area contributed by atoms with E-state index in [0.717, 1.165) is 0 Å². The second kappa shape index (κ2) is 10.2. The van der Waals surface area contributed by atoms with Crippen LogP contribution in [0.15, 0.2) is 36.4 Å². The van der Waals surface area contributed by atoms with Crippen molar-refractivity contribution in [1.82, 2.24) is 0 Å². The summed E-state index contributed by atoms with van der Waals surface area (Å²) in [7, 11) is 3.58. The third kappa shape index (κ3) is 5.17. The van der Waals surface area contributed by atoms with Gasteiger partial charge in [0.05, 0.1) is 11.6 Å². The van der Waals surface area contributed by atoms with Gasteiger partial charge in [-0.2, -0.15) is 5.26 Å². The summed E-state index contributed by atoms with van der Waals surface area (Å²) < 4.78 is 19.3. The normalized spacial score (nSPS) is 12.7. The zero-order valence-corrected chi connectivity index (χ0v) is 18.0. The summed E-state index contributed by atoms with van der Waals surface area (Å²) in [5.41, 5.74) is 1.19. The van der Waals surface area contributed by atoms with E-state index in [0.29, 0.717) is 53.6 Å². The molecule has 0 aliphatic rings. The van der Waals surface area contributed by atoms with Gasteiger partial charge < -0.3 is 14.7 Å². The van der Waals surface area contributed by atoms with Gasteiger partial charge in [-0.1, -0.05) is 32.4 Å². The minimum absolute atomic E-state index is 0.0474. The number of ether oxygens (including phenoxy) is 1. The second-order valence-electron chi connectivity index (χ2n) is 7.56. The molecule has 0 saturated heterocycles. The van der Waals surface area contributed by atoms with Crippen LogP contribution in [-0.2, 0) is 21.7 Å². The van der Waals surface area contributed by atoms with Crippen molar-refractivity contribution in [2.24, 2.45) is 0 Å². The molecule has 0 saturated carbocycles. The number of rotatable bonds is 9. The first-order chi connectivity index (χ1) is 14.3. The standard InChI is InChI=1S/C24H29FN2O3/c1-5-7-23(28)30-16-18-13-17(15-26)8-10-20(18)24(29,12-6-2)21-11-9-19(25)14-22(21)27(3)4/h8-11,13-14,29H,5-7,12,16H2,1-4H3/t24-/m1/s1. The maximum Gasteiger partial charge on any atom is 0.306 e. The summed E-state index contributed by atoms with van der Waals surface area (Å²) >= 11 is 0. The van der Waals surface area contributed by atoms with Crippen molar-refractivity contribution < 1.29 is 19.0 Å². The highest BCUT2D eigenvalue weighted by Gasteiger charge is 2.36. The lowest BCUT2D eigenvalue weighted by Crippen LogP contribution is -2.31. The Kier molecular flexibility index (Phi) is 7.96. The number of benzene rings is 2. The monoisotopic (exact) mass is 412 g/mol. The van der Waals surface area contributed by atoms with E-state index in [1.54, 1.807) is 43.3 Å². The Morgan fingerprint density at radius 3 is 2.47 bits per heavy atom. The fraction of sp³-hybridized carbons (Fsp3) is 0.417. The SMILES string of the molecule is CCCC(=O)OCc1cc(C#N)ccc1[C@](O)(CCC)c1ccc(F)cc1N(C)C. The van der Waals surface area contributed by atoms with Crippen LogP contribution in [0.3, 0.4) is 0 Å². The van der Waals surface area contributed by atoms with Crippen molar-refractivity contribution in [2.75, 3.05) is 19.0 Å². The van der Waals surface area contributed by atoms with Crippen LogP contribution in [0.1, 0.15) is 61.8 Å². The molecule has 2 aromatic rings. The molecule has 0 heterocycles. The van der Waals surface area contributed by atoms with Gasteiger partial charge in [-0.05, 0) is 48.2 Å². The van der Waals surface area contributed by atoms with Gasteiger partial charge in [0.15, 0.2) is 0 Å². The first-order valence-corrected chi connectivity index (χ1v) is 10.2. The number of hydrogen-bond donors (Lipinski definition) is 1. The van der Waals surface area contributed by atoms with Gasteiger partial charge in [0, 0.05) is 31.8 Å². The van der Waals surface area contributed by atoms with E-state index in [4.69, 9.17) is 4.74 Å². The molecule has 0 fully saturated rings. The molecule has 0 aliphatic carbocycles. The molecule has 0 aromatic heterocycles. The van der Waals surface area contributed by atoms with Crippen molar-refractivity contribution >= 4 is 11.7 Å². The van der Waals surface area contributed by atoms with E-state index in [9.17, 15) is 19.6 Å². The number of carbonyl (C=O) groups excluding carboxylic acids is 1. The maximum atomic E-state index is 13.9. The third-order valence-corrected chi connectivity index (χ3v) is 5.02. The topological polar surface area (TPSA) is 73.6 Å². The molecule has 2 rings (SSSR count). The average molecular weight is 413 g/mol. The van der Waals surface area contributed by atoms with Gasteiger partial charge >= 0.3 is 5.97 Å². The molecule has 0 bridgehead atoms. The van der Waals surface area contributed by atoms with Crippen molar-refractivity contribution in [3.63, 3.8) is 0 Å². The predicted octanol–water partition coefficient (Wildman–Crippen LogP) is 4.64. The Bertz CT molecular complexity index is 937. The lowest BCUT2D eigenvalue weighted by Gasteiger charge is -2.34. The van der Waals surface area contributed by atoms with E-state index in [2.05, 4.69) is 6.07 Å². The highest BCUT2D eigenvalue weighted by Crippen LogP contribution is 2.41. The van der Waals surface area contributed by atoms with E-state index < -0.39 is 11.4 Å². The first-order valence-electron chi connectivity index (χ1n) is 10.2. The Morgan fingerprint density at radius 2 is 1.87 bits per heavy atom. The molecule has 5 nitrogen and oxygen atoms in total. The van der Waals surface area contributed by atoms with E-state index in [1.165, 1.54) is 12.1 Å². The van der Waals surface area contributed by atoms with Crippen LogP contribution in [0, 0.1) is 17.1 Å². The number of carbonyl (C=O) groups is 1. The predicted molar refractivity (Wildman–Crippen MR) is 114 cm³/mol. The van der Waals surface area contributed by atoms with Crippen LogP contribution in [-0.4, -0.2) is 25.2 Å². The lowest BCUT2D eigenvalue weighted by atomic mass is 9.79. The molecule has 30 heavy (non-hydrogen) atoms. The molecule has 6 heteroatoms. The van der Waals surface area contributed by atoms with Gasteiger partial charge in [0.1, 0.15) is 18.0 Å². The lowest BCUT2D eigenvalue weighted by molar-refractivity contribution is -0.145. The van der Waals surface area contributed by atoms with Gasteiger partial charge in [-0.3, -0.25) is 4.79 Å². The molecule has 0 amide bonds. The summed E-state index contributed by atoms with van der Waals surface area (Å²) in [6.45, 7) is 3.79. The fourth-order valence-electron chi connectivity index (χ4n) is 3.62. The molecular weight excluding hydrogens is 383 g/mol. The van der Waals surface area contributed by atoms with Crippen LogP contribution in [0.5, 0.6) is 0 Å². The molecule has 1 N–H and O–H groups in total. The molecular formula is C24H29FN2O3. The number of aliphatic hydroxyl groups is 1. The van der Waals surface area contributed by atoms with Gasteiger partial charge in [0.25, 0.3) is 0 Å². The van der Waals surface area contributed by atoms with E-state index >= 15 is 0 Å².